The summed E-state index contributed by atoms with van der Waals surface area (Å²) in [5, 5.41) is 3.98. The Morgan fingerprint density at radius 1 is 1.50 bits per heavy atom. The molecular formula is C10H14ClN3. The molecule has 1 heterocycles. The summed E-state index contributed by atoms with van der Waals surface area (Å²) in [6.45, 7) is 4.26. The highest BCUT2D eigenvalue weighted by atomic mass is 35.5. The van der Waals surface area contributed by atoms with Crippen LogP contribution in [-0.2, 0) is 6.42 Å². The molecule has 1 aliphatic carbocycles. The molecule has 0 bridgehead atoms. The molecule has 1 aromatic rings. The number of anilines is 1. The van der Waals surface area contributed by atoms with E-state index in [0.29, 0.717) is 5.15 Å². The van der Waals surface area contributed by atoms with Gasteiger partial charge in [-0.15, -0.1) is 0 Å². The minimum absolute atomic E-state index is 0.238. The van der Waals surface area contributed by atoms with Gasteiger partial charge in [0.1, 0.15) is 17.3 Å². The average molecular weight is 212 g/mol. The molecule has 1 aromatic heterocycles. The second-order valence-electron chi connectivity index (χ2n) is 4.03. The average Bonchev–Trinajstić information content (AvgIpc) is 2.84. The topological polar surface area (TPSA) is 37.8 Å². The fraction of sp³-hybridized carbons (Fsp3) is 0.600. The van der Waals surface area contributed by atoms with Gasteiger partial charge < -0.3 is 5.32 Å². The molecule has 0 aromatic carbocycles. The van der Waals surface area contributed by atoms with Crippen molar-refractivity contribution in [3.8, 4) is 0 Å². The zero-order chi connectivity index (χ0) is 10.2. The fourth-order valence-electron chi connectivity index (χ4n) is 1.41. The van der Waals surface area contributed by atoms with Crippen LogP contribution in [0, 0.1) is 0 Å². The summed E-state index contributed by atoms with van der Waals surface area (Å²) in [5.74, 6) is 0.896. The number of nitrogens with one attached hydrogen (secondary N) is 1. The maximum absolute atomic E-state index is 5.99. The number of hydrogen-bond donors (Lipinski definition) is 1. The van der Waals surface area contributed by atoms with Crippen molar-refractivity contribution in [3.63, 3.8) is 0 Å². The third-order valence-corrected chi connectivity index (χ3v) is 2.99. The molecule has 2 rings (SSSR count). The van der Waals surface area contributed by atoms with Crippen LogP contribution in [0.3, 0.4) is 0 Å². The van der Waals surface area contributed by atoms with Crippen molar-refractivity contribution < 1.29 is 0 Å². The molecule has 0 amide bonds. The highest BCUT2D eigenvalue weighted by molar-refractivity contribution is 6.30. The fourth-order valence-corrected chi connectivity index (χ4v) is 1.68. The molecule has 4 heteroatoms. The van der Waals surface area contributed by atoms with Gasteiger partial charge in [0.15, 0.2) is 0 Å². The van der Waals surface area contributed by atoms with Gasteiger partial charge in [-0.25, -0.2) is 9.97 Å². The molecule has 1 saturated carbocycles. The van der Waals surface area contributed by atoms with Crippen LogP contribution in [0.1, 0.15) is 32.3 Å². The van der Waals surface area contributed by atoms with Crippen molar-refractivity contribution in [2.75, 3.05) is 5.32 Å². The van der Waals surface area contributed by atoms with E-state index in [0.717, 1.165) is 17.8 Å². The van der Waals surface area contributed by atoms with Crippen LogP contribution in [-0.4, -0.2) is 15.5 Å². The number of nitrogens with zero attached hydrogens (tertiary/aromatic N) is 2. The molecule has 0 aliphatic heterocycles. The van der Waals surface area contributed by atoms with Crippen molar-refractivity contribution in [1.29, 1.82) is 0 Å². The lowest BCUT2D eigenvalue weighted by molar-refractivity contribution is 0.813. The molecule has 3 nitrogen and oxygen atoms in total. The van der Waals surface area contributed by atoms with Gasteiger partial charge in [-0.3, -0.25) is 0 Å². The van der Waals surface area contributed by atoms with Gasteiger partial charge in [0.2, 0.25) is 0 Å². The van der Waals surface area contributed by atoms with Gasteiger partial charge in [-0.05, 0) is 26.2 Å². The van der Waals surface area contributed by atoms with Gasteiger partial charge in [-0.2, -0.15) is 0 Å². The van der Waals surface area contributed by atoms with Crippen LogP contribution in [0.25, 0.3) is 0 Å². The first-order chi connectivity index (χ1) is 6.64. The standard InChI is InChI=1S/C10H14ClN3/c1-3-7-8(11)12-6-13-9(7)14-10(2)4-5-10/h6H,3-5H2,1-2H3,(H,12,13,14). The number of hydrogen-bond acceptors (Lipinski definition) is 3. The molecule has 0 saturated heterocycles. The second kappa shape index (κ2) is 3.39. The molecule has 1 N–H and O–H groups in total. The lowest BCUT2D eigenvalue weighted by atomic mass is 10.2. The van der Waals surface area contributed by atoms with Gasteiger partial charge in [0, 0.05) is 11.1 Å². The molecule has 1 fully saturated rings. The molecule has 76 valence electrons. The van der Waals surface area contributed by atoms with Crippen molar-refractivity contribution in [1.82, 2.24) is 9.97 Å². The Hall–Kier alpha value is -0.830. The van der Waals surface area contributed by atoms with Crippen LogP contribution in [0.15, 0.2) is 6.33 Å². The van der Waals surface area contributed by atoms with Crippen molar-refractivity contribution in [2.45, 2.75) is 38.6 Å². The first kappa shape index (κ1) is 9.71. The third kappa shape index (κ3) is 1.82. The molecule has 1 aliphatic rings. The number of halogens is 1. The number of rotatable bonds is 3. The minimum Gasteiger partial charge on any atom is -0.365 e. The van der Waals surface area contributed by atoms with E-state index in [4.69, 9.17) is 11.6 Å². The van der Waals surface area contributed by atoms with Crippen LogP contribution in [0.4, 0.5) is 5.82 Å². The smallest absolute Gasteiger partial charge is 0.137 e. The lowest BCUT2D eigenvalue weighted by Gasteiger charge is -2.15. The molecule has 0 radical (unpaired) electrons. The predicted octanol–water partition coefficient (Wildman–Crippen LogP) is 2.66. The summed E-state index contributed by atoms with van der Waals surface area (Å²) in [6.07, 6.45) is 4.78. The van der Waals surface area contributed by atoms with Crippen LogP contribution in [0.5, 0.6) is 0 Å². The zero-order valence-electron chi connectivity index (χ0n) is 8.47. The minimum atomic E-state index is 0.238. The van der Waals surface area contributed by atoms with E-state index in [9.17, 15) is 0 Å². The Balaban J connectivity index is 2.27. The maximum Gasteiger partial charge on any atom is 0.137 e. The van der Waals surface area contributed by atoms with Gasteiger partial charge in [0.25, 0.3) is 0 Å². The highest BCUT2D eigenvalue weighted by Gasteiger charge is 2.37. The third-order valence-electron chi connectivity index (χ3n) is 2.67. The summed E-state index contributed by atoms with van der Waals surface area (Å²) in [7, 11) is 0. The quantitative estimate of drug-likeness (QED) is 0.782. The van der Waals surface area contributed by atoms with E-state index in [1.807, 2.05) is 0 Å². The Morgan fingerprint density at radius 2 is 2.21 bits per heavy atom. The van der Waals surface area contributed by atoms with Crippen molar-refractivity contribution in [3.05, 3.63) is 17.0 Å². The molecule has 0 unspecified atom stereocenters. The first-order valence-corrected chi connectivity index (χ1v) is 5.30. The highest BCUT2D eigenvalue weighted by Crippen LogP contribution is 2.38. The monoisotopic (exact) mass is 211 g/mol. The summed E-state index contributed by atoms with van der Waals surface area (Å²) in [4.78, 5) is 8.20. The Kier molecular flexibility index (Phi) is 2.35. The van der Waals surface area contributed by atoms with Crippen molar-refractivity contribution >= 4 is 17.4 Å². The summed E-state index contributed by atoms with van der Waals surface area (Å²) < 4.78 is 0. The van der Waals surface area contributed by atoms with E-state index in [2.05, 4.69) is 29.1 Å². The van der Waals surface area contributed by atoms with Crippen LogP contribution < -0.4 is 5.32 Å². The normalized spacial score (nSPS) is 17.9. The summed E-state index contributed by atoms with van der Waals surface area (Å²) >= 11 is 5.99. The summed E-state index contributed by atoms with van der Waals surface area (Å²) in [6, 6.07) is 0. The predicted molar refractivity (Wildman–Crippen MR) is 57.7 cm³/mol. The molecule has 14 heavy (non-hydrogen) atoms. The first-order valence-electron chi connectivity index (χ1n) is 4.92. The van der Waals surface area contributed by atoms with Crippen LogP contribution in [0.2, 0.25) is 5.15 Å². The van der Waals surface area contributed by atoms with Gasteiger partial charge >= 0.3 is 0 Å². The van der Waals surface area contributed by atoms with Crippen molar-refractivity contribution in [2.24, 2.45) is 0 Å². The van der Waals surface area contributed by atoms with Gasteiger partial charge in [0.05, 0.1) is 0 Å². The lowest BCUT2D eigenvalue weighted by Crippen LogP contribution is -2.18. The SMILES string of the molecule is CCc1c(Cl)ncnc1NC1(C)CC1. The molecule has 0 atom stereocenters. The van der Waals surface area contributed by atoms with E-state index < -0.39 is 0 Å². The molecular weight excluding hydrogens is 198 g/mol. The van der Waals surface area contributed by atoms with E-state index in [1.54, 1.807) is 0 Å². The van der Waals surface area contributed by atoms with E-state index in [-0.39, 0.29) is 5.54 Å². The maximum atomic E-state index is 5.99. The largest absolute Gasteiger partial charge is 0.365 e. The summed E-state index contributed by atoms with van der Waals surface area (Å²) in [5.41, 5.74) is 1.25. The Bertz CT molecular complexity index is 347. The number of aromatic nitrogens is 2. The van der Waals surface area contributed by atoms with Gasteiger partial charge in [-0.1, -0.05) is 18.5 Å². The Morgan fingerprint density at radius 3 is 2.79 bits per heavy atom. The zero-order valence-corrected chi connectivity index (χ0v) is 9.23. The van der Waals surface area contributed by atoms with E-state index >= 15 is 0 Å². The molecule has 0 spiro atoms. The van der Waals surface area contributed by atoms with Crippen LogP contribution >= 0.6 is 11.6 Å². The second-order valence-corrected chi connectivity index (χ2v) is 4.39. The Labute approximate surface area is 88.9 Å². The van der Waals surface area contributed by atoms with E-state index in [1.165, 1.54) is 19.2 Å².